The second kappa shape index (κ2) is 7.73. The molecule has 3 nitrogen and oxygen atoms in total. The highest BCUT2D eigenvalue weighted by atomic mass is 19.3. The number of halogens is 2. The molecule has 0 amide bonds. The fourth-order valence-corrected chi connectivity index (χ4v) is 2.24. The number of allylic oxidation sites excluding steroid dienone is 1. The van der Waals surface area contributed by atoms with E-state index in [9.17, 15) is 13.6 Å². The van der Waals surface area contributed by atoms with Crippen molar-refractivity contribution < 1.29 is 23.0 Å². The number of hydrogen-bond donors (Lipinski definition) is 0. The highest BCUT2D eigenvalue weighted by Gasteiger charge is 2.11. The molecule has 0 radical (unpaired) electrons. The molecule has 0 bridgehead atoms. The predicted octanol–water partition coefficient (Wildman–Crippen LogP) is 4.81. The van der Waals surface area contributed by atoms with Gasteiger partial charge in [-0.3, -0.25) is 4.79 Å². The molecule has 126 valence electrons. The largest absolute Gasteiger partial charge is 0.493 e. The zero-order chi connectivity index (χ0) is 17.7. The van der Waals surface area contributed by atoms with Gasteiger partial charge in [0.25, 0.3) is 0 Å². The first kappa shape index (κ1) is 17.7. The Morgan fingerprint density at radius 3 is 2.50 bits per heavy atom. The maximum atomic E-state index is 12.3. The quantitative estimate of drug-likeness (QED) is 0.562. The van der Waals surface area contributed by atoms with Crippen LogP contribution >= 0.6 is 0 Å². The SMILES string of the molecule is COc1cc(/C=C/C(=O)c2cc(C)ccc2C)ccc1OC(F)F. The zero-order valence-corrected chi connectivity index (χ0v) is 13.7. The molecule has 0 saturated carbocycles. The molecule has 0 fully saturated rings. The van der Waals surface area contributed by atoms with E-state index in [4.69, 9.17) is 4.74 Å². The summed E-state index contributed by atoms with van der Waals surface area (Å²) in [6, 6.07) is 10.2. The number of alkyl halides is 2. The Hall–Kier alpha value is -2.69. The van der Waals surface area contributed by atoms with E-state index >= 15 is 0 Å². The van der Waals surface area contributed by atoms with Gasteiger partial charge in [-0.15, -0.1) is 0 Å². The van der Waals surface area contributed by atoms with Gasteiger partial charge in [-0.2, -0.15) is 8.78 Å². The molecule has 0 spiro atoms. The van der Waals surface area contributed by atoms with Crippen molar-refractivity contribution in [1.29, 1.82) is 0 Å². The van der Waals surface area contributed by atoms with Crippen LogP contribution in [0.25, 0.3) is 6.08 Å². The highest BCUT2D eigenvalue weighted by Crippen LogP contribution is 2.30. The van der Waals surface area contributed by atoms with Gasteiger partial charge in [0.2, 0.25) is 0 Å². The molecule has 24 heavy (non-hydrogen) atoms. The lowest BCUT2D eigenvalue weighted by Gasteiger charge is -2.10. The standard InChI is InChI=1S/C19H18F2O3/c1-12-4-5-13(2)15(10-12)16(22)8-6-14-7-9-17(24-19(20)21)18(11-14)23-3/h4-11,19H,1-3H3/b8-6+. The normalized spacial score (nSPS) is 11.1. The van der Waals surface area contributed by atoms with Gasteiger partial charge in [0.05, 0.1) is 7.11 Å². The summed E-state index contributed by atoms with van der Waals surface area (Å²) in [5.41, 5.74) is 3.18. The van der Waals surface area contributed by atoms with Gasteiger partial charge in [0.15, 0.2) is 17.3 Å². The molecule has 2 rings (SSSR count). The summed E-state index contributed by atoms with van der Waals surface area (Å²) >= 11 is 0. The monoisotopic (exact) mass is 332 g/mol. The molecule has 5 heteroatoms. The number of hydrogen-bond acceptors (Lipinski definition) is 3. The Bertz CT molecular complexity index is 767. The van der Waals surface area contributed by atoms with Crippen molar-refractivity contribution in [2.75, 3.05) is 7.11 Å². The number of carbonyl (C=O) groups excluding carboxylic acids is 1. The molecule has 0 aliphatic heterocycles. The van der Waals surface area contributed by atoms with Crippen molar-refractivity contribution in [3.63, 3.8) is 0 Å². The van der Waals surface area contributed by atoms with E-state index in [1.54, 1.807) is 12.1 Å². The van der Waals surface area contributed by atoms with Crippen LogP contribution in [0.3, 0.4) is 0 Å². The number of ketones is 1. The molecule has 0 unspecified atom stereocenters. The number of rotatable bonds is 6. The number of benzene rings is 2. The molecule has 0 N–H and O–H groups in total. The number of carbonyl (C=O) groups is 1. The van der Waals surface area contributed by atoms with E-state index in [1.165, 1.54) is 25.3 Å². The Kier molecular flexibility index (Phi) is 5.68. The average Bonchev–Trinajstić information content (AvgIpc) is 2.55. The summed E-state index contributed by atoms with van der Waals surface area (Å²) < 4.78 is 34.0. The van der Waals surface area contributed by atoms with Crippen molar-refractivity contribution >= 4 is 11.9 Å². The van der Waals surface area contributed by atoms with Crippen LogP contribution in [0, 0.1) is 13.8 Å². The first-order valence-electron chi connectivity index (χ1n) is 7.33. The first-order valence-corrected chi connectivity index (χ1v) is 7.33. The minimum atomic E-state index is -2.92. The lowest BCUT2D eigenvalue weighted by atomic mass is 10.0. The molecular weight excluding hydrogens is 314 g/mol. The summed E-state index contributed by atoms with van der Waals surface area (Å²) in [5.74, 6) is 0.00483. The van der Waals surface area contributed by atoms with Crippen molar-refractivity contribution in [1.82, 2.24) is 0 Å². The number of methoxy groups -OCH3 is 1. The van der Waals surface area contributed by atoms with Gasteiger partial charge in [0.1, 0.15) is 0 Å². The van der Waals surface area contributed by atoms with Gasteiger partial charge in [-0.25, -0.2) is 0 Å². The van der Waals surface area contributed by atoms with Gasteiger partial charge in [-0.05, 0) is 49.2 Å². The fraction of sp³-hybridized carbons (Fsp3) is 0.211. The fourth-order valence-electron chi connectivity index (χ4n) is 2.24. The van der Waals surface area contributed by atoms with E-state index in [-0.39, 0.29) is 17.3 Å². The predicted molar refractivity (Wildman–Crippen MR) is 88.9 cm³/mol. The van der Waals surface area contributed by atoms with Crippen LogP contribution in [0.4, 0.5) is 8.78 Å². The maximum Gasteiger partial charge on any atom is 0.387 e. The smallest absolute Gasteiger partial charge is 0.387 e. The van der Waals surface area contributed by atoms with Crippen molar-refractivity contribution in [2.45, 2.75) is 20.5 Å². The van der Waals surface area contributed by atoms with E-state index in [0.29, 0.717) is 11.1 Å². The third-order valence-electron chi connectivity index (χ3n) is 3.49. The van der Waals surface area contributed by atoms with Gasteiger partial charge < -0.3 is 9.47 Å². The molecule has 0 aliphatic carbocycles. The molecule has 0 heterocycles. The Labute approximate surface area is 139 Å². The van der Waals surface area contributed by atoms with Crippen LogP contribution < -0.4 is 9.47 Å². The summed E-state index contributed by atoms with van der Waals surface area (Å²) in [4.78, 5) is 12.3. The minimum Gasteiger partial charge on any atom is -0.493 e. The third kappa shape index (κ3) is 4.41. The maximum absolute atomic E-state index is 12.3. The average molecular weight is 332 g/mol. The summed E-state index contributed by atoms with van der Waals surface area (Å²) in [6.45, 7) is 0.873. The zero-order valence-electron chi connectivity index (χ0n) is 13.7. The van der Waals surface area contributed by atoms with Crippen molar-refractivity contribution in [3.05, 3.63) is 64.7 Å². The van der Waals surface area contributed by atoms with Crippen LogP contribution in [0.1, 0.15) is 27.0 Å². The van der Waals surface area contributed by atoms with Gasteiger partial charge in [0, 0.05) is 5.56 Å². The Morgan fingerprint density at radius 1 is 1.08 bits per heavy atom. The highest BCUT2D eigenvalue weighted by molar-refractivity contribution is 6.07. The minimum absolute atomic E-state index is 0.0505. The summed E-state index contributed by atoms with van der Waals surface area (Å²) in [7, 11) is 1.36. The Balaban J connectivity index is 2.22. The summed E-state index contributed by atoms with van der Waals surface area (Å²) in [6.07, 6.45) is 3.06. The number of ether oxygens (including phenoxy) is 2. The molecule has 2 aromatic carbocycles. The van der Waals surface area contributed by atoms with Crippen LogP contribution in [0.5, 0.6) is 11.5 Å². The molecule has 0 aromatic heterocycles. The van der Waals surface area contributed by atoms with Gasteiger partial charge in [-0.1, -0.05) is 29.8 Å². The van der Waals surface area contributed by atoms with E-state index < -0.39 is 6.61 Å². The molecule has 2 aromatic rings. The van der Waals surface area contributed by atoms with Crippen LogP contribution in [0.2, 0.25) is 0 Å². The van der Waals surface area contributed by atoms with Crippen LogP contribution in [-0.2, 0) is 0 Å². The van der Waals surface area contributed by atoms with E-state index in [2.05, 4.69) is 4.74 Å². The second-order valence-corrected chi connectivity index (χ2v) is 5.30. The third-order valence-corrected chi connectivity index (χ3v) is 3.49. The van der Waals surface area contributed by atoms with Crippen molar-refractivity contribution in [2.24, 2.45) is 0 Å². The first-order chi connectivity index (χ1) is 11.4. The van der Waals surface area contributed by atoms with E-state index in [0.717, 1.165) is 11.1 Å². The summed E-state index contributed by atoms with van der Waals surface area (Å²) in [5, 5.41) is 0. The Morgan fingerprint density at radius 2 is 1.83 bits per heavy atom. The lowest BCUT2D eigenvalue weighted by molar-refractivity contribution is -0.0512. The molecule has 0 atom stereocenters. The van der Waals surface area contributed by atoms with Gasteiger partial charge >= 0.3 is 6.61 Å². The molecule has 0 saturated heterocycles. The molecule has 0 aliphatic rings. The van der Waals surface area contributed by atoms with Crippen LogP contribution in [-0.4, -0.2) is 19.5 Å². The van der Waals surface area contributed by atoms with Crippen LogP contribution in [0.15, 0.2) is 42.5 Å². The van der Waals surface area contributed by atoms with E-state index in [1.807, 2.05) is 32.0 Å². The lowest BCUT2D eigenvalue weighted by Crippen LogP contribution is -2.03. The second-order valence-electron chi connectivity index (χ2n) is 5.30. The van der Waals surface area contributed by atoms with Crippen molar-refractivity contribution in [3.8, 4) is 11.5 Å². The number of aryl methyl sites for hydroxylation is 2. The topological polar surface area (TPSA) is 35.5 Å². The molecular formula is C19H18F2O3.